The Morgan fingerprint density at radius 2 is 1.97 bits per heavy atom. The Kier molecular flexibility index (Phi) is 7.00. The second-order valence-corrected chi connectivity index (χ2v) is 7.69. The smallest absolute Gasteiger partial charge is 0.224 e. The van der Waals surface area contributed by atoms with Gasteiger partial charge in [0.1, 0.15) is 17.7 Å². The van der Waals surface area contributed by atoms with Gasteiger partial charge in [0.15, 0.2) is 5.58 Å². The van der Waals surface area contributed by atoms with Crippen molar-refractivity contribution in [3.8, 4) is 11.3 Å². The molecule has 1 fully saturated rings. The lowest BCUT2D eigenvalue weighted by molar-refractivity contribution is 0.00446. The van der Waals surface area contributed by atoms with Crippen molar-refractivity contribution in [2.24, 2.45) is 5.92 Å². The van der Waals surface area contributed by atoms with Crippen LogP contribution in [0.4, 0.5) is 11.8 Å². The summed E-state index contributed by atoms with van der Waals surface area (Å²) in [4.78, 5) is 13.4. The van der Waals surface area contributed by atoms with Crippen LogP contribution >= 0.6 is 12.4 Å². The van der Waals surface area contributed by atoms with Crippen molar-refractivity contribution < 1.29 is 19.7 Å². The SMILES string of the molecule is CCc1cc2cc(-c3c(C)nc(NC)nc3N[C@@H]3C[C@H](CO)[C@@H](O)[C@H]3O)oc2cn1.Cl. The largest absolute Gasteiger partial charge is 0.454 e. The highest BCUT2D eigenvalue weighted by molar-refractivity contribution is 5.86. The molecule has 1 aliphatic carbocycles. The molecular weight excluding hydrogens is 422 g/mol. The molecule has 0 radical (unpaired) electrons. The summed E-state index contributed by atoms with van der Waals surface area (Å²) in [5, 5.41) is 37.2. The molecule has 10 heteroatoms. The van der Waals surface area contributed by atoms with Crippen LogP contribution in [0.3, 0.4) is 0 Å². The van der Waals surface area contributed by atoms with E-state index in [9.17, 15) is 15.3 Å². The third kappa shape index (κ3) is 4.31. The van der Waals surface area contributed by atoms with Gasteiger partial charge in [-0.2, -0.15) is 4.98 Å². The molecule has 168 valence electrons. The average Bonchev–Trinajstić information content (AvgIpc) is 3.28. The summed E-state index contributed by atoms with van der Waals surface area (Å²) in [6.07, 6.45) is 0.949. The number of aliphatic hydroxyl groups excluding tert-OH is 3. The summed E-state index contributed by atoms with van der Waals surface area (Å²) in [6.45, 7) is 3.72. The molecule has 0 aromatic carbocycles. The molecule has 0 saturated heterocycles. The lowest BCUT2D eigenvalue weighted by Crippen LogP contribution is -2.35. The van der Waals surface area contributed by atoms with Crippen LogP contribution in [-0.4, -0.2) is 62.2 Å². The molecule has 1 aliphatic rings. The van der Waals surface area contributed by atoms with E-state index in [1.165, 1.54) is 0 Å². The Balaban J connectivity index is 0.00000272. The first-order chi connectivity index (χ1) is 14.4. The molecule has 9 nitrogen and oxygen atoms in total. The minimum atomic E-state index is -1.02. The number of anilines is 2. The molecule has 4 rings (SSSR count). The zero-order chi connectivity index (χ0) is 21.4. The Morgan fingerprint density at radius 3 is 2.61 bits per heavy atom. The fraction of sp³-hybridized carbons (Fsp3) is 0.476. The first-order valence-electron chi connectivity index (χ1n) is 10.1. The molecule has 4 atom stereocenters. The van der Waals surface area contributed by atoms with Crippen LogP contribution in [0.1, 0.15) is 24.7 Å². The molecule has 31 heavy (non-hydrogen) atoms. The van der Waals surface area contributed by atoms with Gasteiger partial charge in [0.2, 0.25) is 5.95 Å². The van der Waals surface area contributed by atoms with Gasteiger partial charge in [0, 0.05) is 30.7 Å². The number of halogens is 1. The van der Waals surface area contributed by atoms with Gasteiger partial charge < -0.3 is 30.4 Å². The van der Waals surface area contributed by atoms with Gasteiger partial charge in [0.25, 0.3) is 0 Å². The number of hydrogen-bond acceptors (Lipinski definition) is 9. The lowest BCUT2D eigenvalue weighted by atomic mass is 10.1. The number of nitrogens with one attached hydrogen (secondary N) is 2. The monoisotopic (exact) mass is 449 g/mol. The first kappa shape index (κ1) is 23.2. The Hall–Kier alpha value is -2.46. The summed E-state index contributed by atoms with van der Waals surface area (Å²) < 4.78 is 6.05. The quantitative estimate of drug-likeness (QED) is 0.383. The molecular formula is C21H28ClN5O4. The minimum absolute atomic E-state index is 0. The van der Waals surface area contributed by atoms with Crippen LogP contribution in [0.2, 0.25) is 0 Å². The summed E-state index contributed by atoms with van der Waals surface area (Å²) in [5.74, 6) is 1.12. The van der Waals surface area contributed by atoms with E-state index in [2.05, 4.69) is 25.6 Å². The molecule has 0 aliphatic heterocycles. The van der Waals surface area contributed by atoms with Crippen molar-refractivity contribution in [3.63, 3.8) is 0 Å². The molecule has 0 bridgehead atoms. The van der Waals surface area contributed by atoms with E-state index >= 15 is 0 Å². The number of rotatable bonds is 6. The van der Waals surface area contributed by atoms with Crippen molar-refractivity contribution in [2.75, 3.05) is 24.3 Å². The normalized spacial score (nSPS) is 23.0. The van der Waals surface area contributed by atoms with Crippen LogP contribution in [0.25, 0.3) is 22.3 Å². The molecule has 1 saturated carbocycles. The van der Waals surface area contributed by atoms with Gasteiger partial charge in [-0.1, -0.05) is 6.92 Å². The van der Waals surface area contributed by atoms with E-state index in [-0.39, 0.29) is 19.0 Å². The molecule has 0 unspecified atom stereocenters. The van der Waals surface area contributed by atoms with Crippen LogP contribution < -0.4 is 10.6 Å². The fourth-order valence-electron chi connectivity index (χ4n) is 4.02. The molecule has 0 amide bonds. The van der Waals surface area contributed by atoms with Gasteiger partial charge in [-0.15, -0.1) is 12.4 Å². The molecule has 5 N–H and O–H groups in total. The van der Waals surface area contributed by atoms with E-state index in [4.69, 9.17) is 4.42 Å². The zero-order valence-electron chi connectivity index (χ0n) is 17.7. The highest BCUT2D eigenvalue weighted by Crippen LogP contribution is 2.37. The van der Waals surface area contributed by atoms with Gasteiger partial charge in [-0.3, -0.25) is 4.98 Å². The van der Waals surface area contributed by atoms with Gasteiger partial charge in [0.05, 0.1) is 29.6 Å². The standard InChI is InChI=1S/C21H27N5O4.ClH/c1-4-13-5-11-7-15(30-16(11)8-23-13)17-10(2)24-21(22-3)26-20(17)25-14-6-12(9-27)18(28)19(14)29;/h5,7-8,12,14,18-19,27-29H,4,6,9H2,1-3H3,(H2,22,24,25,26);1H/t12-,14-,18-,19+;/m1./s1. The summed E-state index contributed by atoms with van der Waals surface area (Å²) in [6, 6.07) is 3.46. The highest BCUT2D eigenvalue weighted by Gasteiger charge is 2.41. The van der Waals surface area contributed by atoms with Crippen molar-refractivity contribution in [1.29, 1.82) is 0 Å². The average molecular weight is 450 g/mol. The second-order valence-electron chi connectivity index (χ2n) is 7.69. The second kappa shape index (κ2) is 9.35. The Bertz CT molecular complexity index is 1060. The van der Waals surface area contributed by atoms with Gasteiger partial charge >= 0.3 is 0 Å². The zero-order valence-corrected chi connectivity index (χ0v) is 18.5. The number of nitrogens with zero attached hydrogens (tertiary/aromatic N) is 3. The minimum Gasteiger partial charge on any atom is -0.454 e. The lowest BCUT2D eigenvalue weighted by Gasteiger charge is -2.21. The number of aryl methyl sites for hydroxylation is 2. The van der Waals surface area contributed by atoms with Crippen LogP contribution in [-0.2, 0) is 6.42 Å². The van der Waals surface area contributed by atoms with Crippen molar-refractivity contribution in [3.05, 3.63) is 29.7 Å². The van der Waals surface area contributed by atoms with Crippen LogP contribution in [0.5, 0.6) is 0 Å². The first-order valence-corrected chi connectivity index (χ1v) is 10.1. The summed E-state index contributed by atoms with van der Waals surface area (Å²) >= 11 is 0. The number of aliphatic hydroxyl groups is 3. The number of aromatic nitrogens is 3. The maximum atomic E-state index is 10.4. The Morgan fingerprint density at radius 1 is 1.19 bits per heavy atom. The van der Waals surface area contributed by atoms with Gasteiger partial charge in [-0.05, 0) is 31.9 Å². The van der Waals surface area contributed by atoms with Gasteiger partial charge in [-0.25, -0.2) is 4.98 Å². The Labute approximate surface area is 186 Å². The molecule has 3 aromatic heterocycles. The van der Waals surface area contributed by atoms with Crippen molar-refractivity contribution >= 4 is 35.1 Å². The van der Waals surface area contributed by atoms with Crippen molar-refractivity contribution in [1.82, 2.24) is 15.0 Å². The number of hydrogen-bond donors (Lipinski definition) is 5. The van der Waals surface area contributed by atoms with E-state index < -0.39 is 24.2 Å². The van der Waals surface area contributed by atoms with E-state index in [0.29, 0.717) is 40.8 Å². The third-order valence-electron chi connectivity index (χ3n) is 5.74. The molecule has 0 spiro atoms. The number of furan rings is 1. The van der Waals surface area contributed by atoms with E-state index in [0.717, 1.165) is 17.5 Å². The maximum Gasteiger partial charge on any atom is 0.224 e. The predicted molar refractivity (Wildman–Crippen MR) is 121 cm³/mol. The number of pyridine rings is 1. The molecule has 3 heterocycles. The topological polar surface area (TPSA) is 137 Å². The summed E-state index contributed by atoms with van der Waals surface area (Å²) in [5.41, 5.74) is 3.02. The van der Waals surface area contributed by atoms with Crippen LogP contribution in [0, 0.1) is 12.8 Å². The number of fused-ring (bicyclic) bond motifs is 1. The highest BCUT2D eigenvalue weighted by atomic mass is 35.5. The van der Waals surface area contributed by atoms with Crippen LogP contribution in [0.15, 0.2) is 22.7 Å². The third-order valence-corrected chi connectivity index (χ3v) is 5.74. The summed E-state index contributed by atoms with van der Waals surface area (Å²) in [7, 11) is 1.73. The predicted octanol–water partition coefficient (Wildman–Crippen LogP) is 2.13. The van der Waals surface area contributed by atoms with E-state index in [1.807, 2.05) is 26.0 Å². The van der Waals surface area contributed by atoms with E-state index in [1.54, 1.807) is 13.2 Å². The molecule has 3 aromatic rings. The maximum absolute atomic E-state index is 10.4. The van der Waals surface area contributed by atoms with Crippen molar-refractivity contribution in [2.45, 2.75) is 44.9 Å². The fourth-order valence-corrected chi connectivity index (χ4v) is 4.02.